The molecule has 1 aromatic rings. The number of pyridine rings is 1. The third-order valence-electron chi connectivity index (χ3n) is 3.96. The van der Waals surface area contributed by atoms with Crippen LogP contribution in [0.5, 0.6) is 0 Å². The lowest BCUT2D eigenvalue weighted by atomic mass is 10.1. The largest absolute Gasteiger partial charge is 0.357 e. The molecule has 5 heteroatoms. The van der Waals surface area contributed by atoms with Crippen molar-refractivity contribution in [1.29, 1.82) is 0 Å². The number of nitrogens with zero attached hydrogens (tertiary/aromatic N) is 3. The normalized spacial score (nSPS) is 20.1. The summed E-state index contributed by atoms with van der Waals surface area (Å²) in [7, 11) is 2.05. The number of anilines is 1. The number of aromatic nitrogens is 1. The molecule has 1 fully saturated rings. The minimum absolute atomic E-state index is 0.0678. The summed E-state index contributed by atoms with van der Waals surface area (Å²) in [5.74, 6) is 1.09. The fourth-order valence-electron chi connectivity index (χ4n) is 2.26. The van der Waals surface area contributed by atoms with E-state index in [4.69, 9.17) is 0 Å². The molecular weight excluding hydrogens is 252 g/mol. The van der Waals surface area contributed by atoms with Gasteiger partial charge in [-0.25, -0.2) is 4.98 Å². The first-order valence-corrected chi connectivity index (χ1v) is 7.18. The topological polar surface area (TPSA) is 48.5 Å². The predicted molar refractivity (Wildman–Crippen MR) is 80.7 cm³/mol. The summed E-state index contributed by atoms with van der Waals surface area (Å²) in [6.45, 7) is 8.62. The van der Waals surface area contributed by atoms with E-state index in [2.05, 4.69) is 40.0 Å². The number of rotatable bonds is 4. The number of carbonyl (C=O) groups excluding carboxylic acids is 1. The van der Waals surface area contributed by atoms with E-state index < -0.39 is 0 Å². The van der Waals surface area contributed by atoms with Gasteiger partial charge >= 0.3 is 0 Å². The van der Waals surface area contributed by atoms with Crippen LogP contribution in [-0.2, 0) is 11.3 Å². The van der Waals surface area contributed by atoms with Crippen LogP contribution >= 0.6 is 0 Å². The van der Waals surface area contributed by atoms with Crippen molar-refractivity contribution in [2.45, 2.75) is 39.4 Å². The molecule has 0 unspecified atom stereocenters. The van der Waals surface area contributed by atoms with Crippen LogP contribution in [0.1, 0.15) is 26.3 Å². The Balaban J connectivity index is 2.02. The Kier molecular flexibility index (Phi) is 4.60. The molecule has 0 aromatic carbocycles. The van der Waals surface area contributed by atoms with E-state index in [0.29, 0.717) is 6.04 Å². The lowest BCUT2D eigenvalue weighted by molar-refractivity contribution is -0.128. The van der Waals surface area contributed by atoms with Crippen LogP contribution in [0, 0.1) is 0 Å². The van der Waals surface area contributed by atoms with Crippen molar-refractivity contribution in [3.8, 4) is 0 Å². The summed E-state index contributed by atoms with van der Waals surface area (Å²) in [6.07, 6.45) is 1.91. The van der Waals surface area contributed by atoms with Crippen LogP contribution < -0.4 is 10.2 Å². The van der Waals surface area contributed by atoms with Gasteiger partial charge in [0.1, 0.15) is 5.82 Å². The molecule has 0 aliphatic carbocycles. The predicted octanol–water partition coefficient (Wildman–Crippen LogP) is 1.25. The van der Waals surface area contributed by atoms with Gasteiger partial charge in [0, 0.05) is 38.9 Å². The summed E-state index contributed by atoms with van der Waals surface area (Å²) in [6, 6.07) is 4.51. The van der Waals surface area contributed by atoms with Gasteiger partial charge < -0.3 is 10.2 Å². The van der Waals surface area contributed by atoms with Crippen LogP contribution in [0.15, 0.2) is 18.3 Å². The molecule has 1 aliphatic heterocycles. The van der Waals surface area contributed by atoms with Crippen molar-refractivity contribution >= 4 is 11.7 Å². The van der Waals surface area contributed by atoms with Gasteiger partial charge in [0.2, 0.25) is 5.91 Å². The molecule has 2 rings (SSSR count). The number of nitrogens with one attached hydrogen (secondary N) is 1. The highest BCUT2D eigenvalue weighted by atomic mass is 16.2. The molecule has 2 heterocycles. The molecule has 1 atom stereocenters. The van der Waals surface area contributed by atoms with Crippen molar-refractivity contribution in [1.82, 2.24) is 15.2 Å². The van der Waals surface area contributed by atoms with Crippen molar-refractivity contribution < 1.29 is 4.79 Å². The molecule has 0 radical (unpaired) electrons. The lowest BCUT2D eigenvalue weighted by Crippen LogP contribution is -2.53. The molecule has 0 bridgehead atoms. The number of piperazine rings is 1. The second kappa shape index (κ2) is 6.22. The Hall–Kier alpha value is -1.62. The molecule has 1 aromatic heterocycles. The van der Waals surface area contributed by atoms with Gasteiger partial charge in [-0.2, -0.15) is 0 Å². The Bertz CT molecular complexity index is 457. The van der Waals surface area contributed by atoms with Gasteiger partial charge in [-0.3, -0.25) is 9.69 Å². The average molecular weight is 276 g/mol. The van der Waals surface area contributed by atoms with E-state index in [1.165, 1.54) is 0 Å². The molecule has 20 heavy (non-hydrogen) atoms. The summed E-state index contributed by atoms with van der Waals surface area (Å²) in [5, 5.41) is 2.88. The Morgan fingerprint density at radius 2 is 2.25 bits per heavy atom. The first kappa shape index (κ1) is 14.8. The monoisotopic (exact) mass is 276 g/mol. The third kappa shape index (κ3) is 3.28. The molecule has 110 valence electrons. The number of hydrogen-bond donors (Lipinski definition) is 1. The average Bonchev–Trinajstić information content (AvgIpc) is 2.44. The van der Waals surface area contributed by atoms with Gasteiger partial charge in [0.25, 0.3) is 0 Å². The van der Waals surface area contributed by atoms with Gasteiger partial charge in [0.15, 0.2) is 0 Å². The summed E-state index contributed by atoms with van der Waals surface area (Å²) in [4.78, 5) is 20.5. The molecule has 1 amide bonds. The van der Waals surface area contributed by atoms with E-state index >= 15 is 0 Å². The molecule has 1 aliphatic rings. The van der Waals surface area contributed by atoms with Crippen molar-refractivity contribution in [3.05, 3.63) is 23.9 Å². The van der Waals surface area contributed by atoms with Crippen molar-refractivity contribution in [2.75, 3.05) is 25.0 Å². The standard InChI is InChI=1S/C15H24N4O/c1-11(2)18(4)14-6-5-13(9-17-14)10-19-8-7-16-15(20)12(19)3/h5-6,9,11-12H,7-8,10H2,1-4H3,(H,16,20)/t12-/m1/s1. The Morgan fingerprint density at radius 3 is 2.85 bits per heavy atom. The van der Waals surface area contributed by atoms with E-state index in [-0.39, 0.29) is 11.9 Å². The quantitative estimate of drug-likeness (QED) is 0.899. The van der Waals surface area contributed by atoms with E-state index in [1.807, 2.05) is 26.2 Å². The minimum atomic E-state index is -0.0678. The maximum atomic E-state index is 11.6. The second-order valence-electron chi connectivity index (χ2n) is 5.67. The van der Waals surface area contributed by atoms with Crippen molar-refractivity contribution in [3.63, 3.8) is 0 Å². The number of carbonyl (C=O) groups is 1. The van der Waals surface area contributed by atoms with Crippen LogP contribution in [0.2, 0.25) is 0 Å². The first-order valence-electron chi connectivity index (χ1n) is 7.18. The number of hydrogen-bond acceptors (Lipinski definition) is 4. The van der Waals surface area contributed by atoms with Crippen LogP contribution in [0.3, 0.4) is 0 Å². The van der Waals surface area contributed by atoms with E-state index in [1.54, 1.807) is 0 Å². The summed E-state index contributed by atoms with van der Waals surface area (Å²) < 4.78 is 0. The van der Waals surface area contributed by atoms with Crippen LogP contribution in [0.25, 0.3) is 0 Å². The Labute approximate surface area is 121 Å². The third-order valence-corrected chi connectivity index (χ3v) is 3.96. The van der Waals surface area contributed by atoms with Crippen molar-refractivity contribution in [2.24, 2.45) is 0 Å². The van der Waals surface area contributed by atoms with Gasteiger partial charge in [-0.1, -0.05) is 6.07 Å². The lowest BCUT2D eigenvalue weighted by Gasteiger charge is -2.32. The zero-order chi connectivity index (χ0) is 14.7. The zero-order valence-electron chi connectivity index (χ0n) is 12.8. The second-order valence-corrected chi connectivity index (χ2v) is 5.67. The molecule has 0 saturated carbocycles. The highest BCUT2D eigenvalue weighted by Gasteiger charge is 2.25. The Morgan fingerprint density at radius 1 is 1.50 bits per heavy atom. The van der Waals surface area contributed by atoms with Crippen LogP contribution in [-0.4, -0.2) is 48.0 Å². The van der Waals surface area contributed by atoms with E-state index in [0.717, 1.165) is 31.0 Å². The SMILES string of the molecule is CC(C)N(C)c1ccc(CN2CCNC(=O)[C@H]2C)cn1. The molecule has 1 saturated heterocycles. The molecule has 0 spiro atoms. The summed E-state index contributed by atoms with van der Waals surface area (Å²) >= 11 is 0. The van der Waals surface area contributed by atoms with Gasteiger partial charge in [-0.05, 0) is 32.4 Å². The maximum Gasteiger partial charge on any atom is 0.237 e. The van der Waals surface area contributed by atoms with Gasteiger partial charge in [0.05, 0.1) is 6.04 Å². The fraction of sp³-hybridized carbons (Fsp3) is 0.600. The highest BCUT2D eigenvalue weighted by Crippen LogP contribution is 2.15. The van der Waals surface area contributed by atoms with Gasteiger partial charge in [-0.15, -0.1) is 0 Å². The minimum Gasteiger partial charge on any atom is -0.357 e. The fourth-order valence-corrected chi connectivity index (χ4v) is 2.26. The number of amides is 1. The highest BCUT2D eigenvalue weighted by molar-refractivity contribution is 5.81. The first-order chi connectivity index (χ1) is 9.49. The molecular formula is C15H24N4O. The summed E-state index contributed by atoms with van der Waals surface area (Å²) in [5.41, 5.74) is 1.15. The van der Waals surface area contributed by atoms with Crippen LogP contribution in [0.4, 0.5) is 5.82 Å². The smallest absolute Gasteiger partial charge is 0.237 e. The van der Waals surface area contributed by atoms with E-state index in [9.17, 15) is 4.79 Å². The molecule has 1 N–H and O–H groups in total. The maximum absolute atomic E-state index is 11.6. The zero-order valence-corrected chi connectivity index (χ0v) is 12.8. The molecule has 5 nitrogen and oxygen atoms in total.